The second-order valence-corrected chi connectivity index (χ2v) is 6.07. The van der Waals surface area contributed by atoms with Crippen molar-refractivity contribution in [1.29, 1.82) is 0 Å². The summed E-state index contributed by atoms with van der Waals surface area (Å²) in [6.07, 6.45) is 2.48. The number of carbonyl (C=O) groups is 1. The average molecular weight is 382 g/mol. The van der Waals surface area contributed by atoms with Gasteiger partial charge in [0.2, 0.25) is 0 Å². The van der Waals surface area contributed by atoms with Crippen LogP contribution >= 0.6 is 24.8 Å². The van der Waals surface area contributed by atoms with Gasteiger partial charge >= 0.3 is 0 Å². The molecule has 1 aliphatic rings. The molecule has 0 unspecified atom stereocenters. The first kappa shape index (κ1) is 21.1. The third-order valence-corrected chi connectivity index (χ3v) is 4.38. The first-order valence-electron chi connectivity index (χ1n) is 8.09. The summed E-state index contributed by atoms with van der Waals surface area (Å²) >= 11 is 0. The van der Waals surface area contributed by atoms with Gasteiger partial charge in [0.05, 0.1) is 5.56 Å². The summed E-state index contributed by atoms with van der Waals surface area (Å²) in [4.78, 5) is 16.8. The van der Waals surface area contributed by atoms with Crippen molar-refractivity contribution in [2.45, 2.75) is 19.4 Å². The van der Waals surface area contributed by atoms with Gasteiger partial charge < -0.3 is 15.5 Å². The van der Waals surface area contributed by atoms with Crippen molar-refractivity contribution < 1.29 is 4.79 Å². The van der Waals surface area contributed by atoms with Crippen molar-refractivity contribution in [1.82, 2.24) is 4.90 Å². The van der Waals surface area contributed by atoms with Crippen LogP contribution < -0.4 is 10.6 Å². The number of hydrogen-bond acceptors (Lipinski definition) is 3. The average Bonchev–Trinajstić information content (AvgIpc) is 3.09. The zero-order valence-electron chi connectivity index (χ0n) is 14.4. The predicted molar refractivity (Wildman–Crippen MR) is 109 cm³/mol. The Balaban J connectivity index is 0.00000156. The van der Waals surface area contributed by atoms with E-state index in [9.17, 15) is 4.79 Å². The number of nitrogens with two attached hydrogens (primary N) is 1. The Hall–Kier alpha value is -1.91. The minimum Gasteiger partial charge on any atom is -0.398 e. The van der Waals surface area contributed by atoms with Gasteiger partial charge in [0.1, 0.15) is 0 Å². The van der Waals surface area contributed by atoms with E-state index in [-0.39, 0.29) is 30.7 Å². The summed E-state index contributed by atoms with van der Waals surface area (Å²) in [5.41, 5.74) is 9.44. The molecule has 1 heterocycles. The van der Waals surface area contributed by atoms with E-state index in [4.69, 9.17) is 5.73 Å². The Morgan fingerprint density at radius 3 is 2.32 bits per heavy atom. The lowest BCUT2D eigenvalue weighted by Gasteiger charge is -2.24. The van der Waals surface area contributed by atoms with Crippen LogP contribution in [-0.4, -0.2) is 30.9 Å². The van der Waals surface area contributed by atoms with Gasteiger partial charge in [-0.05, 0) is 36.6 Å². The Kier molecular flexibility index (Phi) is 8.07. The fourth-order valence-corrected chi connectivity index (χ4v) is 3.14. The molecule has 1 fully saturated rings. The maximum atomic E-state index is 12.6. The summed E-state index contributed by atoms with van der Waals surface area (Å²) in [6.45, 7) is 2.78. The molecule has 0 atom stereocenters. The summed E-state index contributed by atoms with van der Waals surface area (Å²) in [5, 5.41) is 0. The van der Waals surface area contributed by atoms with Crippen LogP contribution in [0, 0.1) is 0 Å². The first-order chi connectivity index (χ1) is 11.2. The van der Waals surface area contributed by atoms with E-state index < -0.39 is 0 Å². The van der Waals surface area contributed by atoms with E-state index in [2.05, 4.69) is 23.1 Å². The lowest BCUT2D eigenvalue weighted by Crippen LogP contribution is -2.28. The van der Waals surface area contributed by atoms with Crippen LogP contribution in [0.3, 0.4) is 0 Å². The molecule has 0 aromatic heterocycles. The first-order valence-corrected chi connectivity index (χ1v) is 8.09. The van der Waals surface area contributed by atoms with Crippen molar-refractivity contribution in [3.63, 3.8) is 0 Å². The lowest BCUT2D eigenvalue weighted by atomic mass is 10.1. The van der Waals surface area contributed by atoms with E-state index in [1.165, 1.54) is 24.1 Å². The number of amides is 1. The molecule has 25 heavy (non-hydrogen) atoms. The highest BCUT2D eigenvalue weighted by Crippen LogP contribution is 2.26. The number of carbonyl (C=O) groups excluding carboxylic acids is 1. The van der Waals surface area contributed by atoms with Crippen LogP contribution in [-0.2, 0) is 6.54 Å². The SMILES string of the molecule is CN(Cc1ccccc1N1CCCC1)C(=O)c1ccccc1N.Cl.Cl. The minimum atomic E-state index is -0.0423. The van der Waals surface area contributed by atoms with Crippen molar-refractivity contribution >= 4 is 42.1 Å². The molecule has 0 saturated carbocycles. The Labute approximate surface area is 161 Å². The molecular formula is C19H25Cl2N3O. The van der Waals surface area contributed by atoms with E-state index in [1.807, 2.05) is 25.2 Å². The predicted octanol–water partition coefficient (Wildman–Crippen LogP) is 3.98. The summed E-state index contributed by atoms with van der Waals surface area (Å²) < 4.78 is 0. The number of anilines is 2. The molecule has 1 aliphatic heterocycles. The van der Waals surface area contributed by atoms with Crippen molar-refractivity contribution in [3.8, 4) is 0 Å². The number of nitrogens with zero attached hydrogens (tertiary/aromatic N) is 2. The van der Waals surface area contributed by atoms with E-state index in [0.717, 1.165) is 13.1 Å². The second kappa shape index (κ2) is 9.54. The molecule has 2 N–H and O–H groups in total. The van der Waals surface area contributed by atoms with Gasteiger partial charge in [-0.15, -0.1) is 24.8 Å². The lowest BCUT2D eigenvalue weighted by molar-refractivity contribution is 0.0786. The van der Waals surface area contributed by atoms with Crippen LogP contribution in [0.1, 0.15) is 28.8 Å². The standard InChI is InChI=1S/C19H23N3O.2ClH/c1-21(19(23)16-9-3-4-10-17(16)20)14-15-8-2-5-11-18(15)22-12-6-7-13-22;;/h2-5,8-11H,6-7,12-14,20H2,1H3;2*1H. The van der Waals surface area contributed by atoms with Crippen molar-refractivity contribution in [2.24, 2.45) is 0 Å². The van der Waals surface area contributed by atoms with Gasteiger partial charge in [-0.2, -0.15) is 0 Å². The van der Waals surface area contributed by atoms with Gasteiger partial charge in [0.15, 0.2) is 0 Å². The number of para-hydroxylation sites is 2. The molecule has 0 aliphatic carbocycles. The van der Waals surface area contributed by atoms with Crippen molar-refractivity contribution in [2.75, 3.05) is 30.8 Å². The molecule has 4 nitrogen and oxygen atoms in total. The Morgan fingerprint density at radius 2 is 1.64 bits per heavy atom. The van der Waals surface area contributed by atoms with Crippen LogP contribution in [0.15, 0.2) is 48.5 Å². The highest BCUT2D eigenvalue weighted by Gasteiger charge is 2.19. The monoisotopic (exact) mass is 381 g/mol. The summed E-state index contributed by atoms with van der Waals surface area (Å²) in [6, 6.07) is 15.6. The molecule has 2 aromatic carbocycles. The molecule has 0 spiro atoms. The molecule has 1 amide bonds. The molecule has 1 saturated heterocycles. The fraction of sp³-hybridized carbons (Fsp3) is 0.316. The van der Waals surface area contributed by atoms with Crippen LogP contribution in [0.5, 0.6) is 0 Å². The number of hydrogen-bond donors (Lipinski definition) is 1. The zero-order chi connectivity index (χ0) is 16.2. The Bertz CT molecular complexity index is 703. The van der Waals surface area contributed by atoms with Crippen molar-refractivity contribution in [3.05, 3.63) is 59.7 Å². The van der Waals surface area contributed by atoms with E-state index in [1.54, 1.807) is 17.0 Å². The number of halogens is 2. The molecule has 3 rings (SSSR count). The number of benzene rings is 2. The third-order valence-electron chi connectivity index (χ3n) is 4.38. The molecule has 0 bridgehead atoms. The van der Waals surface area contributed by atoms with E-state index >= 15 is 0 Å². The fourth-order valence-electron chi connectivity index (χ4n) is 3.14. The smallest absolute Gasteiger partial charge is 0.255 e. The molecule has 136 valence electrons. The summed E-state index contributed by atoms with van der Waals surface area (Å²) in [5.74, 6) is -0.0423. The maximum Gasteiger partial charge on any atom is 0.255 e. The second-order valence-electron chi connectivity index (χ2n) is 6.07. The molecule has 0 radical (unpaired) electrons. The minimum absolute atomic E-state index is 0. The normalized spacial score (nSPS) is 12.9. The third kappa shape index (κ3) is 4.80. The van der Waals surface area contributed by atoms with E-state index in [0.29, 0.717) is 17.8 Å². The largest absolute Gasteiger partial charge is 0.398 e. The summed E-state index contributed by atoms with van der Waals surface area (Å²) in [7, 11) is 1.83. The zero-order valence-corrected chi connectivity index (χ0v) is 16.0. The topological polar surface area (TPSA) is 49.6 Å². The number of rotatable bonds is 4. The Morgan fingerprint density at radius 1 is 1.04 bits per heavy atom. The highest BCUT2D eigenvalue weighted by atomic mass is 35.5. The van der Waals surface area contributed by atoms with Gasteiger partial charge in [-0.3, -0.25) is 4.79 Å². The quantitative estimate of drug-likeness (QED) is 0.814. The molecule has 2 aromatic rings. The van der Waals surface area contributed by atoms with Gasteiger partial charge in [-0.25, -0.2) is 0 Å². The molecular weight excluding hydrogens is 357 g/mol. The van der Waals surface area contributed by atoms with Gasteiger partial charge in [-0.1, -0.05) is 30.3 Å². The van der Waals surface area contributed by atoms with Crippen LogP contribution in [0.4, 0.5) is 11.4 Å². The molecule has 6 heteroatoms. The maximum absolute atomic E-state index is 12.6. The number of nitrogen functional groups attached to an aromatic ring is 1. The highest BCUT2D eigenvalue weighted by molar-refractivity contribution is 5.98. The van der Waals surface area contributed by atoms with Crippen LogP contribution in [0.2, 0.25) is 0 Å². The van der Waals surface area contributed by atoms with Gasteiger partial charge in [0, 0.05) is 38.1 Å². The van der Waals surface area contributed by atoms with Gasteiger partial charge in [0.25, 0.3) is 5.91 Å². The van der Waals surface area contributed by atoms with Crippen LogP contribution in [0.25, 0.3) is 0 Å².